The number of ether oxygens (including phenoxy) is 1. The third kappa shape index (κ3) is 6.96. The lowest BCUT2D eigenvalue weighted by Crippen LogP contribution is -2.41. The van der Waals surface area contributed by atoms with Crippen LogP contribution in [0, 0.1) is 0 Å². The number of nitrogens with one attached hydrogen (secondary N) is 2. The quantitative estimate of drug-likeness (QED) is 0.106. The van der Waals surface area contributed by atoms with Gasteiger partial charge in [0, 0.05) is 70.4 Å². The summed E-state index contributed by atoms with van der Waals surface area (Å²) in [5.74, 6) is -1.75. The number of H-pyrrole nitrogens is 2. The van der Waals surface area contributed by atoms with Crippen LogP contribution in [-0.4, -0.2) is 66.7 Å². The van der Waals surface area contributed by atoms with E-state index in [1.54, 1.807) is 6.92 Å². The number of hydrogen-bond acceptors (Lipinski definition) is 8. The average Bonchev–Trinajstić information content (AvgIpc) is 3.82. The molecule has 0 saturated heterocycles. The average molecular weight is 724 g/mol. The number of imide groups is 1. The van der Waals surface area contributed by atoms with Crippen molar-refractivity contribution in [3.63, 3.8) is 0 Å². The highest BCUT2D eigenvalue weighted by atomic mass is 16.5. The summed E-state index contributed by atoms with van der Waals surface area (Å²) < 4.78 is 5.43. The number of ketones is 1. The topological polar surface area (TPSA) is 158 Å². The summed E-state index contributed by atoms with van der Waals surface area (Å²) in [6.07, 6.45) is 5.53. The summed E-state index contributed by atoms with van der Waals surface area (Å²) in [7, 11) is 0. The van der Waals surface area contributed by atoms with E-state index in [0.29, 0.717) is 70.8 Å². The Bertz CT molecular complexity index is 2060. The van der Waals surface area contributed by atoms with Crippen molar-refractivity contribution in [1.82, 2.24) is 24.8 Å². The van der Waals surface area contributed by atoms with Gasteiger partial charge in [-0.25, -0.2) is 4.98 Å². The van der Waals surface area contributed by atoms with Crippen molar-refractivity contribution < 1.29 is 29.0 Å². The number of fused-ring (bicyclic) bond motifs is 8. The molecule has 282 valence electrons. The molecule has 0 unspecified atom stereocenters. The highest BCUT2D eigenvalue weighted by Crippen LogP contribution is 2.45. The number of aromatic nitrogens is 4. The fourth-order valence-corrected chi connectivity index (χ4v) is 8.46. The van der Waals surface area contributed by atoms with Crippen molar-refractivity contribution in [2.75, 3.05) is 13.2 Å². The molecule has 8 bridgehead atoms. The molecule has 0 saturated carbocycles. The Kier molecular flexibility index (Phi) is 11.3. The smallest absolute Gasteiger partial charge is 0.305 e. The molecule has 4 aliphatic heterocycles. The second kappa shape index (κ2) is 15.8. The van der Waals surface area contributed by atoms with E-state index in [-0.39, 0.29) is 59.5 Å². The number of allylic oxidation sites excluding steroid dienone is 2. The molecule has 6 heterocycles. The molecular weight excluding hydrogens is 670 g/mol. The number of nitrogens with zero attached hydrogens (tertiary/aromatic N) is 3. The van der Waals surface area contributed by atoms with Crippen LogP contribution in [0.2, 0.25) is 0 Å². The second-order valence-electron chi connectivity index (χ2n) is 14.9. The van der Waals surface area contributed by atoms with Gasteiger partial charge in [-0.2, -0.15) is 0 Å². The number of aliphatic hydroxyl groups excluding tert-OH is 1. The third-order valence-electron chi connectivity index (χ3n) is 11.5. The molecule has 0 radical (unpaired) electrons. The van der Waals surface area contributed by atoms with Gasteiger partial charge in [0.05, 0.1) is 46.9 Å². The van der Waals surface area contributed by atoms with E-state index in [4.69, 9.17) is 14.7 Å². The van der Waals surface area contributed by atoms with E-state index in [1.165, 1.54) is 4.90 Å². The predicted molar refractivity (Wildman–Crippen MR) is 204 cm³/mol. The van der Waals surface area contributed by atoms with Gasteiger partial charge in [0.1, 0.15) is 0 Å². The van der Waals surface area contributed by atoms with E-state index >= 15 is 0 Å². The zero-order valence-electron chi connectivity index (χ0n) is 32.1. The van der Waals surface area contributed by atoms with Gasteiger partial charge in [0.15, 0.2) is 5.78 Å². The monoisotopic (exact) mass is 723 g/mol. The molecule has 11 heteroatoms. The zero-order valence-corrected chi connectivity index (χ0v) is 32.1. The number of aromatic amines is 2. The molecule has 6 rings (SSSR count). The Balaban J connectivity index is 1.71. The molecule has 2 aromatic heterocycles. The van der Waals surface area contributed by atoms with Gasteiger partial charge in [0.2, 0.25) is 0 Å². The Morgan fingerprint density at radius 3 is 2.32 bits per heavy atom. The van der Waals surface area contributed by atoms with Crippen LogP contribution in [0.5, 0.6) is 0 Å². The number of rotatable bonds is 13. The first kappa shape index (κ1) is 38.1. The Labute approximate surface area is 311 Å². The number of amides is 2. The van der Waals surface area contributed by atoms with Gasteiger partial charge in [0.25, 0.3) is 11.8 Å². The minimum atomic E-state index is -0.441. The number of carbonyl (C=O) groups is 4. The standard InChI is InChI=1S/C42H53N5O6/c1-8-11-12-13-16-47-41(51)37-28(21-48)33-20-32-26(10-3)22(4)29(43-32)19-34-36(25(7)49)24(6)31(44-34)18-30-23(5)27(14-15-35(50)53-17-9-2)39(45-30)38(42(47)52)40(37)46-33/h18-20,22-23,26-27,43,46,48H,8-17,21H2,1-7H3/t22-,23+,26-,27+/m1/s1. The lowest BCUT2D eigenvalue weighted by atomic mass is 9.84. The van der Waals surface area contributed by atoms with Crippen LogP contribution >= 0.6 is 0 Å². The Hall–Kier alpha value is -4.64. The lowest BCUT2D eigenvalue weighted by molar-refractivity contribution is -0.143. The molecule has 0 fully saturated rings. The molecule has 0 aromatic carbocycles. The fourth-order valence-electron chi connectivity index (χ4n) is 8.46. The molecule has 4 aliphatic rings. The van der Waals surface area contributed by atoms with E-state index in [1.807, 2.05) is 39.0 Å². The molecule has 11 nitrogen and oxygen atoms in total. The number of aliphatic hydroxyl groups is 1. The first-order valence-electron chi connectivity index (χ1n) is 19.4. The number of unbranched alkanes of at least 4 members (excludes halogenated alkanes) is 3. The van der Waals surface area contributed by atoms with Gasteiger partial charge in [-0.3, -0.25) is 29.1 Å². The van der Waals surface area contributed by atoms with Crippen molar-refractivity contribution in [3.05, 3.63) is 69.1 Å². The van der Waals surface area contributed by atoms with Crippen LogP contribution in [0.15, 0.2) is 18.2 Å². The van der Waals surface area contributed by atoms with Gasteiger partial charge in [-0.1, -0.05) is 53.9 Å². The minimum Gasteiger partial charge on any atom is -0.466 e. The number of hydrogen-bond donors (Lipinski definition) is 3. The molecule has 0 spiro atoms. The summed E-state index contributed by atoms with van der Waals surface area (Å²) in [5.41, 5.74) is 7.32. The maximum Gasteiger partial charge on any atom is 0.305 e. The SMILES string of the molecule is CCCCCCN1C(=O)c2c3nc(cc4nc(cc5[nH]c(cc6[nH]c2c(c6CO)C1=O)[C@H](CC)[C@H]5C)C(C(C)=O)=C4C)[C@@H](C)[C@@H]3CCC(=O)OCCC. The summed E-state index contributed by atoms with van der Waals surface area (Å²) in [6, 6.07) is 5.79. The first-order valence-corrected chi connectivity index (χ1v) is 19.4. The Morgan fingerprint density at radius 2 is 1.64 bits per heavy atom. The summed E-state index contributed by atoms with van der Waals surface area (Å²) in [5, 5.41) is 10.9. The van der Waals surface area contributed by atoms with Crippen LogP contribution in [0.3, 0.4) is 0 Å². The fraction of sp³-hybridized carbons (Fsp3) is 0.524. The highest BCUT2D eigenvalue weighted by Gasteiger charge is 2.41. The molecule has 0 aliphatic carbocycles. The normalized spacial score (nSPS) is 20.3. The molecule has 4 atom stereocenters. The van der Waals surface area contributed by atoms with Crippen LogP contribution in [0.25, 0.3) is 22.2 Å². The zero-order chi connectivity index (χ0) is 38.1. The lowest BCUT2D eigenvalue weighted by Gasteiger charge is -2.27. The minimum absolute atomic E-state index is 0.0676. The van der Waals surface area contributed by atoms with Crippen molar-refractivity contribution in [1.29, 1.82) is 0 Å². The van der Waals surface area contributed by atoms with Crippen LogP contribution in [-0.2, 0) is 20.9 Å². The van der Waals surface area contributed by atoms with Crippen LogP contribution in [0.4, 0.5) is 0 Å². The maximum absolute atomic E-state index is 14.7. The molecule has 3 N–H and O–H groups in total. The van der Waals surface area contributed by atoms with Gasteiger partial charge >= 0.3 is 5.97 Å². The van der Waals surface area contributed by atoms with Crippen LogP contribution < -0.4 is 0 Å². The van der Waals surface area contributed by atoms with Gasteiger partial charge in [-0.15, -0.1) is 0 Å². The summed E-state index contributed by atoms with van der Waals surface area (Å²) >= 11 is 0. The van der Waals surface area contributed by atoms with E-state index in [9.17, 15) is 24.3 Å². The molecule has 2 amide bonds. The van der Waals surface area contributed by atoms with E-state index in [0.717, 1.165) is 42.6 Å². The molecule has 2 aromatic rings. The first-order chi connectivity index (χ1) is 25.4. The second-order valence-corrected chi connectivity index (χ2v) is 14.9. The van der Waals surface area contributed by atoms with E-state index < -0.39 is 18.4 Å². The number of esters is 1. The van der Waals surface area contributed by atoms with Crippen molar-refractivity contribution in [3.8, 4) is 0 Å². The Morgan fingerprint density at radius 1 is 0.887 bits per heavy atom. The third-order valence-corrected chi connectivity index (χ3v) is 11.5. The van der Waals surface area contributed by atoms with Crippen LogP contribution in [0.1, 0.15) is 184 Å². The molecular formula is C42H53N5O6. The van der Waals surface area contributed by atoms with Gasteiger partial charge in [-0.05, 0) is 63.3 Å². The summed E-state index contributed by atoms with van der Waals surface area (Å²) in [4.78, 5) is 73.5. The van der Waals surface area contributed by atoms with E-state index in [2.05, 4.69) is 30.7 Å². The predicted octanol–water partition coefficient (Wildman–Crippen LogP) is 8.14. The van der Waals surface area contributed by atoms with Crippen molar-refractivity contribution in [2.24, 2.45) is 0 Å². The summed E-state index contributed by atoms with van der Waals surface area (Å²) in [6.45, 7) is 13.9. The molecule has 53 heavy (non-hydrogen) atoms. The maximum atomic E-state index is 14.7. The number of carbonyl (C=O) groups excluding carboxylic acids is 4. The highest BCUT2D eigenvalue weighted by molar-refractivity contribution is 6.27. The largest absolute Gasteiger partial charge is 0.466 e. The van der Waals surface area contributed by atoms with Crippen molar-refractivity contribution in [2.45, 2.75) is 130 Å². The number of Topliss-reactive ketones (excluding diaryl/α,β-unsaturated/α-hetero) is 1. The van der Waals surface area contributed by atoms with Crippen molar-refractivity contribution >= 4 is 45.7 Å². The van der Waals surface area contributed by atoms with Gasteiger partial charge < -0.3 is 19.8 Å².